The normalized spacial score (nSPS) is 19.4. The molecule has 1 atom stereocenters. The summed E-state index contributed by atoms with van der Waals surface area (Å²) in [6.45, 7) is 0.800. The first-order valence-electron chi connectivity index (χ1n) is 9.05. The van der Waals surface area contributed by atoms with Crippen LogP contribution in [0.3, 0.4) is 0 Å². The van der Waals surface area contributed by atoms with Crippen molar-refractivity contribution in [1.82, 2.24) is 9.47 Å². The highest BCUT2D eigenvalue weighted by Gasteiger charge is 2.41. The van der Waals surface area contributed by atoms with Crippen molar-refractivity contribution < 1.29 is 9.59 Å². The van der Waals surface area contributed by atoms with Gasteiger partial charge in [0.25, 0.3) is 5.56 Å². The molecule has 2 amide bonds. The monoisotopic (exact) mass is 385 g/mol. The quantitative estimate of drug-likeness (QED) is 0.859. The lowest BCUT2D eigenvalue weighted by atomic mass is 10.1. The third kappa shape index (κ3) is 3.90. The Kier molecular flexibility index (Phi) is 4.74. The third-order valence-corrected chi connectivity index (χ3v) is 5.44. The van der Waals surface area contributed by atoms with E-state index in [4.69, 9.17) is 11.6 Å². The summed E-state index contributed by atoms with van der Waals surface area (Å²) in [5, 5.41) is 3.43. The van der Waals surface area contributed by atoms with Gasteiger partial charge in [0.05, 0.1) is 18.2 Å². The smallest absolute Gasteiger partial charge is 0.250 e. The Morgan fingerprint density at radius 3 is 2.67 bits per heavy atom. The van der Waals surface area contributed by atoms with Gasteiger partial charge in [-0.2, -0.15) is 0 Å². The van der Waals surface area contributed by atoms with E-state index in [9.17, 15) is 14.4 Å². The molecule has 1 saturated heterocycles. The van der Waals surface area contributed by atoms with E-state index in [2.05, 4.69) is 5.32 Å². The summed E-state index contributed by atoms with van der Waals surface area (Å²) in [6.07, 6.45) is 3.93. The van der Waals surface area contributed by atoms with Crippen LogP contribution < -0.4 is 10.9 Å². The van der Waals surface area contributed by atoms with Gasteiger partial charge in [-0.1, -0.05) is 29.8 Å². The van der Waals surface area contributed by atoms with Crippen LogP contribution in [0.25, 0.3) is 0 Å². The van der Waals surface area contributed by atoms with Crippen LogP contribution >= 0.6 is 11.6 Å². The van der Waals surface area contributed by atoms with E-state index in [0.29, 0.717) is 29.8 Å². The van der Waals surface area contributed by atoms with Gasteiger partial charge in [0.2, 0.25) is 11.8 Å². The molecule has 0 radical (unpaired) electrons. The van der Waals surface area contributed by atoms with Crippen LogP contribution in [-0.4, -0.2) is 33.9 Å². The molecule has 2 aliphatic rings. The molecule has 1 aromatic heterocycles. The van der Waals surface area contributed by atoms with Crippen LogP contribution in [0.15, 0.2) is 47.4 Å². The van der Waals surface area contributed by atoms with E-state index in [1.807, 2.05) is 23.1 Å². The van der Waals surface area contributed by atoms with Gasteiger partial charge in [-0.25, -0.2) is 0 Å². The highest BCUT2D eigenvalue weighted by atomic mass is 35.5. The fourth-order valence-electron chi connectivity index (χ4n) is 3.43. The molecule has 1 aromatic carbocycles. The van der Waals surface area contributed by atoms with Crippen molar-refractivity contribution in [3.63, 3.8) is 0 Å². The summed E-state index contributed by atoms with van der Waals surface area (Å²) in [5.41, 5.74) is 1.18. The average molecular weight is 386 g/mol. The molecule has 140 valence electrons. The number of anilines is 1. The van der Waals surface area contributed by atoms with Gasteiger partial charge in [-0.05, 0) is 30.5 Å². The number of hydrogen-bond donors (Lipinski definition) is 1. The van der Waals surface area contributed by atoms with Gasteiger partial charge in [0.15, 0.2) is 0 Å². The van der Waals surface area contributed by atoms with E-state index in [1.54, 1.807) is 18.3 Å². The van der Waals surface area contributed by atoms with Crippen LogP contribution in [0.1, 0.15) is 24.8 Å². The van der Waals surface area contributed by atoms with E-state index in [-0.39, 0.29) is 29.7 Å². The number of halogens is 1. The minimum atomic E-state index is -0.345. The summed E-state index contributed by atoms with van der Waals surface area (Å²) in [7, 11) is 0. The zero-order valence-electron chi connectivity index (χ0n) is 14.7. The SMILES string of the molecule is O=C(Nc1ccc(=O)n(Cc2ccccc2Cl)c1)C1CC(=O)N(C2CC2)C1. The first kappa shape index (κ1) is 17.8. The molecule has 6 nitrogen and oxygen atoms in total. The van der Waals surface area contributed by atoms with Crippen LogP contribution in [0.5, 0.6) is 0 Å². The third-order valence-electron chi connectivity index (χ3n) is 5.07. The second-order valence-corrected chi connectivity index (χ2v) is 7.55. The van der Waals surface area contributed by atoms with Gasteiger partial charge in [-0.15, -0.1) is 0 Å². The van der Waals surface area contributed by atoms with Crippen LogP contribution in [0.2, 0.25) is 5.02 Å². The first-order chi connectivity index (χ1) is 13.0. The van der Waals surface area contributed by atoms with E-state index >= 15 is 0 Å². The van der Waals surface area contributed by atoms with Gasteiger partial charge in [-0.3, -0.25) is 14.4 Å². The van der Waals surface area contributed by atoms with Crippen molar-refractivity contribution in [3.05, 3.63) is 63.5 Å². The molecule has 1 aliphatic heterocycles. The van der Waals surface area contributed by atoms with Crippen molar-refractivity contribution in [2.75, 3.05) is 11.9 Å². The van der Waals surface area contributed by atoms with Gasteiger partial charge >= 0.3 is 0 Å². The predicted molar refractivity (Wildman–Crippen MR) is 103 cm³/mol. The minimum Gasteiger partial charge on any atom is -0.339 e. The number of hydrogen-bond acceptors (Lipinski definition) is 3. The van der Waals surface area contributed by atoms with Crippen molar-refractivity contribution >= 4 is 29.1 Å². The second-order valence-electron chi connectivity index (χ2n) is 7.14. The lowest BCUT2D eigenvalue weighted by Crippen LogP contribution is -2.30. The molecule has 4 rings (SSSR count). The maximum Gasteiger partial charge on any atom is 0.250 e. The Bertz CT molecular complexity index is 951. The Morgan fingerprint density at radius 2 is 1.93 bits per heavy atom. The molecule has 1 aliphatic carbocycles. The fraction of sp³-hybridized carbons (Fsp3) is 0.350. The zero-order chi connectivity index (χ0) is 19.0. The number of nitrogens with zero attached hydrogens (tertiary/aromatic N) is 2. The number of nitrogens with one attached hydrogen (secondary N) is 1. The molecule has 2 aromatic rings. The summed E-state index contributed by atoms with van der Waals surface area (Å²) >= 11 is 6.17. The highest BCUT2D eigenvalue weighted by molar-refractivity contribution is 6.31. The van der Waals surface area contributed by atoms with Crippen LogP contribution in [-0.2, 0) is 16.1 Å². The number of likely N-dealkylation sites (tertiary alicyclic amines) is 1. The summed E-state index contributed by atoms with van der Waals surface area (Å²) in [6, 6.07) is 10.7. The van der Waals surface area contributed by atoms with Gasteiger partial charge < -0.3 is 14.8 Å². The maximum absolute atomic E-state index is 12.6. The van der Waals surface area contributed by atoms with Crippen molar-refractivity contribution in [1.29, 1.82) is 0 Å². The van der Waals surface area contributed by atoms with E-state index in [0.717, 1.165) is 18.4 Å². The standard InChI is InChI=1S/C20H20ClN3O3/c21-17-4-2-1-3-13(17)10-23-12-15(5-8-18(23)25)22-20(27)14-9-19(26)24(11-14)16-6-7-16/h1-5,8,12,14,16H,6-7,9-11H2,(H,22,27). The van der Waals surface area contributed by atoms with Crippen molar-refractivity contribution in [2.24, 2.45) is 5.92 Å². The first-order valence-corrected chi connectivity index (χ1v) is 9.43. The molecule has 7 heteroatoms. The number of carbonyl (C=O) groups is 2. The topological polar surface area (TPSA) is 71.4 Å². The highest BCUT2D eigenvalue weighted by Crippen LogP contribution is 2.32. The maximum atomic E-state index is 12.6. The molecule has 1 saturated carbocycles. The Labute approximate surface area is 161 Å². The van der Waals surface area contributed by atoms with Crippen molar-refractivity contribution in [3.8, 4) is 0 Å². The molecule has 27 heavy (non-hydrogen) atoms. The number of benzene rings is 1. The van der Waals surface area contributed by atoms with Crippen molar-refractivity contribution in [2.45, 2.75) is 31.8 Å². The molecular formula is C20H20ClN3O3. The second kappa shape index (κ2) is 7.19. The molecule has 2 heterocycles. The number of carbonyl (C=O) groups excluding carboxylic acids is 2. The van der Waals surface area contributed by atoms with E-state index < -0.39 is 0 Å². The van der Waals surface area contributed by atoms with Crippen LogP contribution in [0.4, 0.5) is 5.69 Å². The number of rotatable bonds is 5. The summed E-state index contributed by atoms with van der Waals surface area (Å²) < 4.78 is 1.51. The number of pyridine rings is 1. The minimum absolute atomic E-state index is 0.0568. The Hall–Kier alpha value is -2.60. The predicted octanol–water partition coefficient (Wildman–Crippen LogP) is 2.50. The van der Waals surface area contributed by atoms with Crippen LogP contribution in [0, 0.1) is 5.92 Å². The number of amides is 2. The van der Waals surface area contributed by atoms with E-state index in [1.165, 1.54) is 10.6 Å². The molecule has 0 bridgehead atoms. The fourth-order valence-corrected chi connectivity index (χ4v) is 3.63. The Balaban J connectivity index is 1.46. The number of aromatic nitrogens is 1. The summed E-state index contributed by atoms with van der Waals surface area (Å²) in [4.78, 5) is 38.6. The molecular weight excluding hydrogens is 366 g/mol. The lowest BCUT2D eigenvalue weighted by Gasteiger charge is -2.15. The largest absolute Gasteiger partial charge is 0.339 e. The Morgan fingerprint density at radius 1 is 1.15 bits per heavy atom. The molecule has 1 unspecified atom stereocenters. The lowest BCUT2D eigenvalue weighted by molar-refractivity contribution is -0.128. The van der Waals surface area contributed by atoms with Gasteiger partial charge in [0, 0.05) is 36.3 Å². The molecule has 1 N–H and O–H groups in total. The summed E-state index contributed by atoms with van der Waals surface area (Å²) in [5.74, 6) is -0.474. The van der Waals surface area contributed by atoms with Gasteiger partial charge in [0.1, 0.15) is 0 Å². The molecule has 0 spiro atoms. The molecule has 2 fully saturated rings. The average Bonchev–Trinajstić information content (AvgIpc) is 3.41. The zero-order valence-corrected chi connectivity index (χ0v) is 15.5.